The number of carbonyl (C=O) groups is 2. The monoisotopic (exact) mass is 269 g/mol. The van der Waals surface area contributed by atoms with Crippen molar-refractivity contribution in [2.45, 2.75) is 26.2 Å². The summed E-state index contributed by atoms with van der Waals surface area (Å²) < 4.78 is 0. The van der Waals surface area contributed by atoms with Crippen molar-refractivity contribution < 1.29 is 14.7 Å². The van der Waals surface area contributed by atoms with Gasteiger partial charge in [0.2, 0.25) is 0 Å². The second kappa shape index (κ2) is 5.45. The number of aromatic carboxylic acids is 1. The van der Waals surface area contributed by atoms with Gasteiger partial charge in [0.05, 0.1) is 0 Å². The van der Waals surface area contributed by atoms with Gasteiger partial charge in [-0.2, -0.15) is 0 Å². The van der Waals surface area contributed by atoms with Crippen LogP contribution < -0.4 is 5.43 Å². The number of ketones is 1. The maximum atomic E-state index is 11.3. The van der Waals surface area contributed by atoms with E-state index in [9.17, 15) is 9.59 Å². The predicted octanol–water partition coefficient (Wildman–Crippen LogP) is 1.86. The number of piperidine rings is 1. The van der Waals surface area contributed by atoms with E-state index in [4.69, 9.17) is 5.11 Å². The number of aromatic nitrogens is 1. The molecule has 0 radical (unpaired) electrons. The number of hydrogen-bond donors (Lipinski definition) is 2. The largest absolute Gasteiger partial charge is 0.476 e. The van der Waals surface area contributed by atoms with Crippen molar-refractivity contribution in [1.82, 2.24) is 9.99 Å². The second-order valence-corrected chi connectivity index (χ2v) is 5.22. The predicted molar refractivity (Wildman–Crippen MR) is 68.1 cm³/mol. The number of hydrazine groups is 1. The molecule has 1 aromatic rings. The first-order chi connectivity index (χ1) is 8.58. The Balaban J connectivity index is 2.15. The first-order valence-corrected chi connectivity index (χ1v) is 6.66. The molecule has 0 unspecified atom stereocenters. The molecule has 1 saturated heterocycles. The zero-order chi connectivity index (χ0) is 13.1. The molecular formula is C11H15N3O3S. The van der Waals surface area contributed by atoms with Crippen LogP contribution in [0.25, 0.3) is 0 Å². The number of rotatable bonds is 4. The van der Waals surface area contributed by atoms with E-state index in [-0.39, 0.29) is 16.4 Å². The van der Waals surface area contributed by atoms with Crippen molar-refractivity contribution in [3.05, 3.63) is 10.6 Å². The number of Topliss-reactive ketones (excluding diaryl/α,β-unsaturated/α-hetero) is 1. The molecule has 0 bridgehead atoms. The first-order valence-electron chi connectivity index (χ1n) is 5.84. The van der Waals surface area contributed by atoms with Crippen LogP contribution in [0.1, 0.15) is 46.3 Å². The van der Waals surface area contributed by atoms with Gasteiger partial charge in [0.15, 0.2) is 16.6 Å². The van der Waals surface area contributed by atoms with Crippen LogP contribution in [0.4, 0.5) is 5.13 Å². The Labute approximate surface area is 109 Å². The zero-order valence-corrected chi connectivity index (χ0v) is 10.9. The van der Waals surface area contributed by atoms with Crippen molar-refractivity contribution in [3.63, 3.8) is 0 Å². The van der Waals surface area contributed by atoms with E-state index in [1.165, 1.54) is 13.3 Å². The fraction of sp³-hybridized carbons (Fsp3) is 0.545. The lowest BCUT2D eigenvalue weighted by molar-refractivity contribution is 0.0687. The molecule has 0 saturated carbocycles. The number of hydrogen-bond acceptors (Lipinski definition) is 6. The maximum absolute atomic E-state index is 11.3. The van der Waals surface area contributed by atoms with Crippen LogP contribution in [0.2, 0.25) is 0 Å². The highest BCUT2D eigenvalue weighted by Crippen LogP contribution is 2.24. The average Bonchev–Trinajstić information content (AvgIpc) is 2.74. The Morgan fingerprint density at radius 3 is 2.50 bits per heavy atom. The highest BCUT2D eigenvalue weighted by atomic mass is 32.1. The molecule has 1 aromatic heterocycles. The van der Waals surface area contributed by atoms with Crippen LogP contribution in [0.3, 0.4) is 0 Å². The third kappa shape index (κ3) is 2.85. The fourth-order valence-corrected chi connectivity index (χ4v) is 2.77. The fourth-order valence-electron chi connectivity index (χ4n) is 1.89. The lowest BCUT2D eigenvalue weighted by Crippen LogP contribution is -2.34. The molecule has 0 atom stereocenters. The summed E-state index contributed by atoms with van der Waals surface area (Å²) in [6.45, 7) is 3.18. The van der Waals surface area contributed by atoms with E-state index in [2.05, 4.69) is 10.4 Å². The summed E-state index contributed by atoms with van der Waals surface area (Å²) >= 11 is 1.10. The molecule has 2 heterocycles. The standard InChI is InChI=1S/C11H15N3O3S/c1-7(15)9-8(10(16)17)12-11(18-9)13-14-5-3-2-4-6-14/h2-6H2,1H3,(H,12,13)(H,16,17). The Morgan fingerprint density at radius 1 is 1.33 bits per heavy atom. The van der Waals surface area contributed by atoms with E-state index < -0.39 is 5.97 Å². The second-order valence-electron chi connectivity index (χ2n) is 4.22. The van der Waals surface area contributed by atoms with Crippen LogP contribution in [-0.4, -0.2) is 39.9 Å². The van der Waals surface area contributed by atoms with Gasteiger partial charge >= 0.3 is 5.97 Å². The maximum Gasteiger partial charge on any atom is 0.356 e. The molecule has 2 N–H and O–H groups in total. The van der Waals surface area contributed by atoms with Crippen LogP contribution in [0, 0.1) is 0 Å². The molecule has 1 aliphatic rings. The highest BCUT2D eigenvalue weighted by Gasteiger charge is 2.21. The van der Waals surface area contributed by atoms with E-state index >= 15 is 0 Å². The number of anilines is 1. The lowest BCUT2D eigenvalue weighted by atomic mass is 10.2. The van der Waals surface area contributed by atoms with Gasteiger partial charge in [-0.1, -0.05) is 17.8 Å². The van der Waals surface area contributed by atoms with E-state index in [1.807, 2.05) is 5.01 Å². The van der Waals surface area contributed by atoms with Gasteiger partial charge in [0, 0.05) is 20.0 Å². The molecule has 0 aromatic carbocycles. The molecule has 0 amide bonds. The Morgan fingerprint density at radius 2 is 2.00 bits per heavy atom. The van der Waals surface area contributed by atoms with Gasteiger partial charge < -0.3 is 5.11 Å². The van der Waals surface area contributed by atoms with Crippen LogP contribution in [0.5, 0.6) is 0 Å². The number of carboxylic acids is 1. The molecule has 0 spiro atoms. The molecule has 0 aliphatic carbocycles. The third-order valence-corrected chi connectivity index (χ3v) is 3.82. The van der Waals surface area contributed by atoms with E-state index in [0.29, 0.717) is 5.13 Å². The van der Waals surface area contributed by atoms with Gasteiger partial charge in [-0.05, 0) is 12.8 Å². The van der Waals surface area contributed by atoms with Crippen LogP contribution in [-0.2, 0) is 0 Å². The first kappa shape index (κ1) is 13.0. The topological polar surface area (TPSA) is 82.5 Å². The highest BCUT2D eigenvalue weighted by molar-refractivity contribution is 7.17. The van der Waals surface area contributed by atoms with Gasteiger partial charge in [0.25, 0.3) is 0 Å². The quantitative estimate of drug-likeness (QED) is 0.812. The molecule has 1 aliphatic heterocycles. The molecule has 18 heavy (non-hydrogen) atoms. The Hall–Kier alpha value is -1.47. The van der Waals surface area contributed by atoms with Gasteiger partial charge in [0.1, 0.15) is 4.88 Å². The van der Waals surface area contributed by atoms with Crippen LogP contribution >= 0.6 is 11.3 Å². The summed E-state index contributed by atoms with van der Waals surface area (Å²) in [6.07, 6.45) is 3.45. The van der Waals surface area contributed by atoms with Crippen molar-refractivity contribution in [2.75, 3.05) is 18.5 Å². The summed E-state index contributed by atoms with van der Waals surface area (Å²) in [4.78, 5) is 26.5. The molecule has 98 valence electrons. The number of carboxylic acid groups (broad SMARTS) is 1. The molecular weight excluding hydrogens is 254 g/mol. The van der Waals surface area contributed by atoms with Gasteiger partial charge in [-0.15, -0.1) is 0 Å². The SMILES string of the molecule is CC(=O)c1sc(NN2CCCCC2)nc1C(=O)O. The third-order valence-electron chi connectivity index (χ3n) is 2.76. The van der Waals surface area contributed by atoms with Crippen molar-refractivity contribution >= 4 is 28.2 Å². The number of carbonyl (C=O) groups excluding carboxylic acids is 1. The molecule has 6 nitrogen and oxygen atoms in total. The Bertz CT molecular complexity index is 435. The minimum Gasteiger partial charge on any atom is -0.476 e. The van der Waals surface area contributed by atoms with Crippen molar-refractivity contribution in [2.24, 2.45) is 0 Å². The lowest BCUT2D eigenvalue weighted by Gasteiger charge is -2.26. The van der Waals surface area contributed by atoms with Gasteiger partial charge in [-0.3, -0.25) is 10.2 Å². The number of nitrogens with zero attached hydrogens (tertiary/aromatic N) is 2. The van der Waals surface area contributed by atoms with Crippen molar-refractivity contribution in [3.8, 4) is 0 Å². The summed E-state index contributed by atoms with van der Waals surface area (Å²) in [5, 5.41) is 11.5. The molecule has 7 heteroatoms. The van der Waals surface area contributed by atoms with E-state index in [1.54, 1.807) is 0 Å². The van der Waals surface area contributed by atoms with Gasteiger partial charge in [-0.25, -0.2) is 14.8 Å². The minimum absolute atomic E-state index is 0.160. The van der Waals surface area contributed by atoms with Crippen LogP contribution in [0.15, 0.2) is 0 Å². The Kier molecular flexibility index (Phi) is 3.93. The summed E-state index contributed by atoms with van der Waals surface area (Å²) in [5.74, 6) is -1.43. The smallest absolute Gasteiger partial charge is 0.356 e. The average molecular weight is 269 g/mol. The molecule has 1 fully saturated rings. The number of thiazole rings is 1. The normalized spacial score (nSPS) is 16.5. The van der Waals surface area contributed by atoms with Crippen molar-refractivity contribution in [1.29, 1.82) is 0 Å². The zero-order valence-electron chi connectivity index (χ0n) is 10.1. The number of nitrogens with one attached hydrogen (secondary N) is 1. The summed E-state index contributed by atoms with van der Waals surface area (Å²) in [6, 6.07) is 0. The van der Waals surface area contributed by atoms with E-state index in [0.717, 1.165) is 37.3 Å². The summed E-state index contributed by atoms with van der Waals surface area (Å²) in [5.41, 5.74) is 2.92. The minimum atomic E-state index is -1.16. The molecule has 2 rings (SSSR count). The summed E-state index contributed by atoms with van der Waals surface area (Å²) in [7, 11) is 0.